The average molecular weight is 279 g/mol. The van der Waals surface area contributed by atoms with E-state index in [0.29, 0.717) is 4.90 Å². The Morgan fingerprint density at radius 2 is 2.16 bits per heavy atom. The molecule has 0 saturated carbocycles. The van der Waals surface area contributed by atoms with Crippen LogP contribution < -0.4 is 5.32 Å². The third-order valence-electron chi connectivity index (χ3n) is 3.77. The van der Waals surface area contributed by atoms with Crippen molar-refractivity contribution in [2.45, 2.75) is 30.2 Å². The molecule has 1 unspecified atom stereocenters. The van der Waals surface area contributed by atoms with Gasteiger partial charge in [-0.05, 0) is 44.5 Å². The molecule has 2 heterocycles. The lowest BCUT2D eigenvalue weighted by atomic mass is 10.00. The number of hydrogen-bond donors (Lipinski definition) is 2. The molecule has 1 aromatic carbocycles. The molecule has 19 heavy (non-hydrogen) atoms. The van der Waals surface area contributed by atoms with Gasteiger partial charge in [-0.2, -0.15) is 0 Å². The molecule has 1 atom stereocenters. The molecule has 1 aromatic heterocycles. The zero-order chi connectivity index (χ0) is 13.7. The van der Waals surface area contributed by atoms with E-state index in [1.165, 1.54) is 6.26 Å². The molecular weight excluding hydrogens is 262 g/mol. The largest absolute Gasteiger partial charge is 0.340 e. The van der Waals surface area contributed by atoms with E-state index in [1.54, 1.807) is 18.2 Å². The second kappa shape index (κ2) is 4.05. The summed E-state index contributed by atoms with van der Waals surface area (Å²) < 4.78 is 23.1. The molecule has 2 aromatic rings. The van der Waals surface area contributed by atoms with Gasteiger partial charge in [-0.3, -0.25) is 0 Å². The standard InChI is InChI=1S/C13H17N3O2S/c1-13(6-3-7-14-13)12-15-10-5-4-9(19(2,17)18)8-11(10)16-12/h4-5,8,14H,3,6-7H2,1-2H3,(H,15,16). The number of H-pyrrole nitrogens is 1. The van der Waals surface area contributed by atoms with Crippen molar-refractivity contribution >= 4 is 20.9 Å². The molecule has 1 aliphatic heterocycles. The smallest absolute Gasteiger partial charge is 0.175 e. The lowest BCUT2D eigenvalue weighted by Crippen LogP contribution is -2.34. The van der Waals surface area contributed by atoms with Crippen LogP contribution in [0.25, 0.3) is 11.0 Å². The molecule has 2 N–H and O–H groups in total. The Hall–Kier alpha value is -1.40. The van der Waals surface area contributed by atoms with Crippen molar-refractivity contribution in [1.82, 2.24) is 15.3 Å². The first-order valence-corrected chi connectivity index (χ1v) is 8.23. The molecule has 0 amide bonds. The third-order valence-corrected chi connectivity index (χ3v) is 4.88. The summed E-state index contributed by atoms with van der Waals surface area (Å²) in [7, 11) is -3.18. The molecule has 0 spiro atoms. The summed E-state index contributed by atoms with van der Waals surface area (Å²) in [5.41, 5.74) is 1.44. The Morgan fingerprint density at radius 1 is 1.37 bits per heavy atom. The van der Waals surface area contributed by atoms with Gasteiger partial charge in [-0.15, -0.1) is 0 Å². The molecule has 0 aliphatic carbocycles. The summed E-state index contributed by atoms with van der Waals surface area (Å²) >= 11 is 0. The van der Waals surface area contributed by atoms with Gasteiger partial charge in [0.15, 0.2) is 9.84 Å². The van der Waals surface area contributed by atoms with E-state index >= 15 is 0 Å². The van der Waals surface area contributed by atoms with E-state index in [0.717, 1.165) is 36.2 Å². The van der Waals surface area contributed by atoms with Crippen LogP contribution in [0.15, 0.2) is 23.1 Å². The summed E-state index contributed by atoms with van der Waals surface area (Å²) in [5.74, 6) is 0.880. The Balaban J connectivity index is 2.11. The second-order valence-electron chi connectivity index (χ2n) is 5.40. The van der Waals surface area contributed by atoms with Crippen molar-refractivity contribution in [2.75, 3.05) is 12.8 Å². The molecule has 3 rings (SSSR count). The van der Waals surface area contributed by atoms with Crippen LogP contribution in [0.3, 0.4) is 0 Å². The van der Waals surface area contributed by atoms with E-state index < -0.39 is 9.84 Å². The van der Waals surface area contributed by atoms with Crippen LogP contribution in [0.1, 0.15) is 25.6 Å². The van der Waals surface area contributed by atoms with E-state index in [4.69, 9.17) is 0 Å². The Morgan fingerprint density at radius 3 is 2.79 bits per heavy atom. The third kappa shape index (κ3) is 2.15. The minimum Gasteiger partial charge on any atom is -0.340 e. The zero-order valence-corrected chi connectivity index (χ0v) is 11.8. The summed E-state index contributed by atoms with van der Waals surface area (Å²) in [6.45, 7) is 3.11. The highest BCUT2D eigenvalue weighted by atomic mass is 32.2. The molecular formula is C13H17N3O2S. The molecule has 0 bridgehead atoms. The van der Waals surface area contributed by atoms with Crippen molar-refractivity contribution in [3.05, 3.63) is 24.0 Å². The highest BCUT2D eigenvalue weighted by Crippen LogP contribution is 2.30. The maximum Gasteiger partial charge on any atom is 0.175 e. The van der Waals surface area contributed by atoms with Crippen LogP contribution in [0.4, 0.5) is 0 Å². The van der Waals surface area contributed by atoms with E-state index in [1.807, 2.05) is 0 Å². The first kappa shape index (κ1) is 12.6. The zero-order valence-electron chi connectivity index (χ0n) is 11.0. The lowest BCUT2D eigenvalue weighted by Gasteiger charge is -2.21. The normalized spacial score (nSPS) is 24.1. The fourth-order valence-electron chi connectivity index (χ4n) is 2.58. The summed E-state index contributed by atoms with van der Waals surface area (Å²) in [4.78, 5) is 8.15. The number of rotatable bonds is 2. The minimum absolute atomic E-state index is 0.135. The predicted molar refractivity (Wildman–Crippen MR) is 73.8 cm³/mol. The molecule has 1 saturated heterocycles. The number of nitrogens with one attached hydrogen (secondary N) is 2. The van der Waals surface area contributed by atoms with Crippen LogP contribution in [0.2, 0.25) is 0 Å². The molecule has 6 heteroatoms. The van der Waals surface area contributed by atoms with Gasteiger partial charge in [0.25, 0.3) is 0 Å². The van der Waals surface area contributed by atoms with Crippen molar-refractivity contribution in [1.29, 1.82) is 0 Å². The molecule has 102 valence electrons. The van der Waals surface area contributed by atoms with Gasteiger partial charge in [0.1, 0.15) is 5.82 Å². The topological polar surface area (TPSA) is 74.8 Å². The van der Waals surface area contributed by atoms with Crippen LogP contribution in [-0.2, 0) is 15.4 Å². The van der Waals surface area contributed by atoms with E-state index in [2.05, 4.69) is 22.2 Å². The van der Waals surface area contributed by atoms with Crippen LogP contribution in [0, 0.1) is 0 Å². The predicted octanol–water partition coefficient (Wildman–Crippen LogP) is 1.56. The van der Waals surface area contributed by atoms with Gasteiger partial charge in [-0.25, -0.2) is 13.4 Å². The Bertz CT molecular complexity index is 727. The molecule has 1 aliphatic rings. The Labute approximate surface area is 112 Å². The molecule has 0 radical (unpaired) electrons. The average Bonchev–Trinajstić information content (AvgIpc) is 2.93. The first-order valence-electron chi connectivity index (χ1n) is 6.34. The fraction of sp³-hybridized carbons (Fsp3) is 0.462. The number of nitrogens with zero attached hydrogens (tertiary/aromatic N) is 1. The van der Waals surface area contributed by atoms with Crippen LogP contribution in [0.5, 0.6) is 0 Å². The van der Waals surface area contributed by atoms with Crippen molar-refractivity contribution < 1.29 is 8.42 Å². The summed E-state index contributed by atoms with van der Waals surface area (Å²) in [5, 5.41) is 3.44. The van der Waals surface area contributed by atoms with Crippen LogP contribution >= 0.6 is 0 Å². The number of sulfone groups is 1. The first-order chi connectivity index (χ1) is 8.88. The van der Waals surface area contributed by atoms with Gasteiger partial charge >= 0.3 is 0 Å². The number of imidazole rings is 1. The van der Waals surface area contributed by atoms with Crippen molar-refractivity contribution in [3.63, 3.8) is 0 Å². The number of hydrogen-bond acceptors (Lipinski definition) is 4. The fourth-order valence-corrected chi connectivity index (χ4v) is 3.22. The monoisotopic (exact) mass is 279 g/mol. The summed E-state index contributed by atoms with van der Waals surface area (Å²) in [6, 6.07) is 5.01. The number of fused-ring (bicyclic) bond motifs is 1. The van der Waals surface area contributed by atoms with Gasteiger partial charge in [0.2, 0.25) is 0 Å². The number of aromatic nitrogens is 2. The quantitative estimate of drug-likeness (QED) is 0.875. The van der Waals surface area contributed by atoms with E-state index in [9.17, 15) is 8.42 Å². The van der Waals surface area contributed by atoms with Gasteiger partial charge in [-0.1, -0.05) is 0 Å². The molecule has 1 fully saturated rings. The minimum atomic E-state index is -3.18. The lowest BCUT2D eigenvalue weighted by molar-refractivity contribution is 0.412. The maximum atomic E-state index is 11.6. The van der Waals surface area contributed by atoms with Crippen molar-refractivity contribution in [2.24, 2.45) is 0 Å². The highest BCUT2D eigenvalue weighted by Gasteiger charge is 2.33. The Kier molecular flexibility index (Phi) is 2.69. The maximum absolute atomic E-state index is 11.6. The van der Waals surface area contributed by atoms with E-state index in [-0.39, 0.29) is 5.54 Å². The van der Waals surface area contributed by atoms with Gasteiger partial charge < -0.3 is 10.3 Å². The summed E-state index contributed by atoms with van der Waals surface area (Å²) in [6.07, 6.45) is 3.37. The van der Waals surface area contributed by atoms with Gasteiger partial charge in [0, 0.05) is 6.26 Å². The second-order valence-corrected chi connectivity index (χ2v) is 7.41. The number of benzene rings is 1. The SMILES string of the molecule is CC1(c2nc3ccc(S(C)(=O)=O)cc3[nH]2)CCCN1. The van der Waals surface area contributed by atoms with Crippen molar-refractivity contribution in [3.8, 4) is 0 Å². The van der Waals surface area contributed by atoms with Crippen LogP contribution in [-0.4, -0.2) is 31.2 Å². The number of aromatic amines is 1. The van der Waals surface area contributed by atoms with Gasteiger partial charge in [0.05, 0.1) is 21.5 Å². The highest BCUT2D eigenvalue weighted by molar-refractivity contribution is 7.90. The molecule has 5 nitrogen and oxygen atoms in total.